The average Bonchev–Trinajstić information content (AvgIpc) is 2.49. The van der Waals surface area contributed by atoms with E-state index in [0.717, 1.165) is 11.3 Å². The molecule has 0 amide bonds. The van der Waals surface area contributed by atoms with Crippen LogP contribution in [-0.2, 0) is 0 Å². The third-order valence-electron chi connectivity index (χ3n) is 3.42. The largest absolute Gasteiger partial charge is 0.490 e. The zero-order valence-corrected chi connectivity index (χ0v) is 13.7. The van der Waals surface area contributed by atoms with Crippen molar-refractivity contribution < 1.29 is 9.47 Å². The highest BCUT2D eigenvalue weighted by molar-refractivity contribution is 6.30. The molecule has 0 radical (unpaired) electrons. The molecule has 2 rings (SSSR count). The minimum Gasteiger partial charge on any atom is -0.490 e. The number of hydrogen-bond donors (Lipinski definition) is 0. The van der Waals surface area contributed by atoms with Crippen LogP contribution in [0.15, 0.2) is 30.3 Å². The lowest BCUT2D eigenvalue weighted by molar-refractivity contribution is 0.216. The first kappa shape index (κ1) is 16.2. The summed E-state index contributed by atoms with van der Waals surface area (Å²) >= 11 is 5.85. The van der Waals surface area contributed by atoms with E-state index in [-0.39, 0.29) is 0 Å². The zero-order chi connectivity index (χ0) is 16.1. The van der Waals surface area contributed by atoms with Gasteiger partial charge in [-0.2, -0.15) is 5.26 Å². The van der Waals surface area contributed by atoms with Gasteiger partial charge in [-0.25, -0.2) is 0 Å². The van der Waals surface area contributed by atoms with Crippen molar-refractivity contribution in [3.05, 3.63) is 57.6 Å². The van der Waals surface area contributed by atoms with Crippen LogP contribution in [0.2, 0.25) is 5.02 Å². The number of aryl methyl sites for hydroxylation is 2. The molecule has 0 aliphatic rings. The first-order valence-corrected chi connectivity index (χ1v) is 7.42. The molecule has 0 fully saturated rings. The highest BCUT2D eigenvalue weighted by Gasteiger charge is 2.06. The van der Waals surface area contributed by atoms with Gasteiger partial charge in [0, 0.05) is 5.02 Å². The van der Waals surface area contributed by atoms with E-state index in [4.69, 9.17) is 26.3 Å². The van der Waals surface area contributed by atoms with E-state index in [1.165, 1.54) is 11.1 Å². The maximum Gasteiger partial charge on any atom is 0.137 e. The molecule has 0 N–H and O–H groups in total. The molecule has 2 aromatic carbocycles. The Morgan fingerprint density at radius 1 is 1.00 bits per heavy atom. The molecule has 114 valence electrons. The molecule has 3 nitrogen and oxygen atoms in total. The molecule has 4 heteroatoms. The molecule has 0 saturated carbocycles. The predicted molar refractivity (Wildman–Crippen MR) is 87.8 cm³/mol. The van der Waals surface area contributed by atoms with Crippen LogP contribution in [-0.4, -0.2) is 13.2 Å². The lowest BCUT2D eigenvalue weighted by Crippen LogP contribution is -2.10. The minimum absolute atomic E-state index is 0.364. The van der Waals surface area contributed by atoms with Crippen molar-refractivity contribution >= 4 is 11.6 Å². The Kier molecular flexibility index (Phi) is 5.30. The van der Waals surface area contributed by atoms with Crippen LogP contribution in [0.4, 0.5) is 0 Å². The molecule has 0 atom stereocenters. The maximum absolute atomic E-state index is 9.05. The van der Waals surface area contributed by atoms with Crippen LogP contribution < -0.4 is 9.47 Å². The van der Waals surface area contributed by atoms with Crippen molar-refractivity contribution in [2.45, 2.75) is 20.8 Å². The van der Waals surface area contributed by atoms with Crippen molar-refractivity contribution in [2.75, 3.05) is 13.2 Å². The summed E-state index contributed by atoms with van der Waals surface area (Å²) in [5.74, 6) is 1.39. The number of hydrogen-bond acceptors (Lipinski definition) is 3. The summed E-state index contributed by atoms with van der Waals surface area (Å²) in [6, 6.07) is 11.2. The normalized spacial score (nSPS) is 10.1. The van der Waals surface area contributed by atoms with Crippen LogP contribution in [0.25, 0.3) is 0 Å². The van der Waals surface area contributed by atoms with Crippen LogP contribution in [0.3, 0.4) is 0 Å². The molecule has 0 unspecified atom stereocenters. The molecule has 0 heterocycles. The quantitative estimate of drug-likeness (QED) is 0.757. The standard InChI is InChI=1S/C18H18ClNO2/c1-12-8-13(2)14(3)18(9-12)22-7-6-21-17-5-4-16(19)10-15(17)11-20/h4-5,8-10H,6-7H2,1-3H3. The monoisotopic (exact) mass is 315 g/mol. The maximum atomic E-state index is 9.05. The minimum atomic E-state index is 0.364. The van der Waals surface area contributed by atoms with Gasteiger partial charge in [0.05, 0.1) is 5.56 Å². The summed E-state index contributed by atoms with van der Waals surface area (Å²) in [5, 5.41) is 9.57. The van der Waals surface area contributed by atoms with Crippen molar-refractivity contribution in [3.8, 4) is 17.6 Å². The molecule has 0 aliphatic heterocycles. The first-order valence-electron chi connectivity index (χ1n) is 7.04. The van der Waals surface area contributed by atoms with Crippen molar-refractivity contribution in [2.24, 2.45) is 0 Å². The van der Waals surface area contributed by atoms with E-state index in [9.17, 15) is 0 Å². The van der Waals surface area contributed by atoms with E-state index in [1.54, 1.807) is 18.2 Å². The number of benzene rings is 2. The zero-order valence-electron chi connectivity index (χ0n) is 12.9. The fourth-order valence-electron chi connectivity index (χ4n) is 2.17. The molecular weight excluding hydrogens is 298 g/mol. The van der Waals surface area contributed by atoms with E-state index in [1.807, 2.05) is 19.9 Å². The summed E-state index contributed by atoms with van der Waals surface area (Å²) in [6.45, 7) is 6.93. The SMILES string of the molecule is Cc1cc(C)c(C)c(OCCOc2ccc(Cl)cc2C#N)c1. The van der Waals surface area contributed by atoms with Crippen molar-refractivity contribution in [1.29, 1.82) is 5.26 Å². The molecule has 0 bridgehead atoms. The van der Waals surface area contributed by atoms with Crippen molar-refractivity contribution in [1.82, 2.24) is 0 Å². The Bertz CT molecular complexity index is 720. The fraction of sp³-hybridized carbons (Fsp3) is 0.278. The topological polar surface area (TPSA) is 42.2 Å². The second kappa shape index (κ2) is 7.20. The summed E-state index contributed by atoms with van der Waals surface area (Å²) in [5.41, 5.74) is 3.94. The van der Waals surface area contributed by atoms with Crippen LogP contribution in [0, 0.1) is 32.1 Å². The number of rotatable bonds is 5. The number of ether oxygens (including phenoxy) is 2. The second-order valence-electron chi connectivity index (χ2n) is 5.15. The van der Waals surface area contributed by atoms with Gasteiger partial charge < -0.3 is 9.47 Å². The Labute approximate surface area is 136 Å². The van der Waals surface area contributed by atoms with Crippen LogP contribution >= 0.6 is 11.6 Å². The predicted octanol–water partition coefficient (Wildman–Crippen LogP) is 4.59. The molecular formula is C18H18ClNO2. The first-order chi connectivity index (χ1) is 10.5. The summed E-state index contributed by atoms with van der Waals surface area (Å²) < 4.78 is 11.4. The lowest BCUT2D eigenvalue weighted by atomic mass is 10.1. The fourth-order valence-corrected chi connectivity index (χ4v) is 2.34. The van der Waals surface area contributed by atoms with Gasteiger partial charge in [0.1, 0.15) is 30.8 Å². The Morgan fingerprint density at radius 3 is 2.36 bits per heavy atom. The Morgan fingerprint density at radius 2 is 1.68 bits per heavy atom. The van der Waals surface area contributed by atoms with E-state index in [2.05, 4.69) is 19.1 Å². The van der Waals surface area contributed by atoms with Gasteiger partial charge in [0.15, 0.2) is 0 Å². The van der Waals surface area contributed by atoms with Crippen LogP contribution in [0.1, 0.15) is 22.3 Å². The lowest BCUT2D eigenvalue weighted by Gasteiger charge is -2.13. The van der Waals surface area contributed by atoms with E-state index < -0.39 is 0 Å². The van der Waals surface area contributed by atoms with Crippen molar-refractivity contribution in [3.63, 3.8) is 0 Å². The third-order valence-corrected chi connectivity index (χ3v) is 3.66. The highest BCUT2D eigenvalue weighted by atomic mass is 35.5. The average molecular weight is 316 g/mol. The summed E-state index contributed by atoms with van der Waals surface area (Å²) in [7, 11) is 0. The molecule has 0 aromatic heterocycles. The van der Waals surface area contributed by atoms with E-state index in [0.29, 0.717) is 29.5 Å². The van der Waals surface area contributed by atoms with Gasteiger partial charge in [-0.05, 0) is 61.7 Å². The van der Waals surface area contributed by atoms with Crippen LogP contribution in [0.5, 0.6) is 11.5 Å². The van der Waals surface area contributed by atoms with Gasteiger partial charge in [-0.15, -0.1) is 0 Å². The second-order valence-corrected chi connectivity index (χ2v) is 5.59. The Hall–Kier alpha value is -2.18. The molecule has 0 aliphatic carbocycles. The molecule has 0 spiro atoms. The number of nitrogens with zero attached hydrogens (tertiary/aromatic N) is 1. The van der Waals surface area contributed by atoms with Gasteiger partial charge >= 0.3 is 0 Å². The molecule has 2 aromatic rings. The van der Waals surface area contributed by atoms with Gasteiger partial charge in [-0.1, -0.05) is 17.7 Å². The Balaban J connectivity index is 1.95. The number of halogens is 1. The molecule has 22 heavy (non-hydrogen) atoms. The smallest absolute Gasteiger partial charge is 0.137 e. The van der Waals surface area contributed by atoms with Gasteiger partial charge in [0.2, 0.25) is 0 Å². The summed E-state index contributed by atoms with van der Waals surface area (Å²) in [6.07, 6.45) is 0. The highest BCUT2D eigenvalue weighted by Crippen LogP contribution is 2.24. The van der Waals surface area contributed by atoms with E-state index >= 15 is 0 Å². The summed E-state index contributed by atoms with van der Waals surface area (Å²) in [4.78, 5) is 0. The third kappa shape index (κ3) is 3.93. The number of nitriles is 1. The van der Waals surface area contributed by atoms with Gasteiger partial charge in [-0.3, -0.25) is 0 Å². The van der Waals surface area contributed by atoms with Gasteiger partial charge in [0.25, 0.3) is 0 Å². The molecule has 0 saturated heterocycles.